The first-order chi connectivity index (χ1) is 15.5. The summed E-state index contributed by atoms with van der Waals surface area (Å²) < 4.78 is 22.0. The molecule has 3 aromatic carbocycles. The molecule has 0 atom stereocenters. The summed E-state index contributed by atoms with van der Waals surface area (Å²) >= 11 is 12.4. The maximum atomic E-state index is 9.72. The lowest BCUT2D eigenvalue weighted by atomic mass is 10.0. The third-order valence-corrected chi connectivity index (χ3v) is 5.21. The minimum absolute atomic E-state index is 0.303. The summed E-state index contributed by atoms with van der Waals surface area (Å²) in [5.41, 5.74) is 2.75. The Kier molecular flexibility index (Phi) is 7.88. The van der Waals surface area contributed by atoms with Crippen LogP contribution < -0.4 is 18.9 Å². The third-order valence-electron chi connectivity index (χ3n) is 4.67. The van der Waals surface area contributed by atoms with Crippen molar-refractivity contribution in [3.05, 3.63) is 81.3 Å². The molecule has 0 amide bonds. The number of rotatable bonds is 8. The molecule has 0 aliphatic rings. The van der Waals surface area contributed by atoms with E-state index in [-0.39, 0.29) is 0 Å². The Labute approximate surface area is 197 Å². The summed E-state index contributed by atoms with van der Waals surface area (Å²) in [6.07, 6.45) is 1.72. The summed E-state index contributed by atoms with van der Waals surface area (Å²) in [5, 5.41) is 10.7. The highest BCUT2D eigenvalue weighted by molar-refractivity contribution is 6.32. The number of hydrogen-bond donors (Lipinski definition) is 0. The largest absolute Gasteiger partial charge is 0.493 e. The van der Waals surface area contributed by atoms with Crippen molar-refractivity contribution in [2.75, 3.05) is 21.3 Å². The molecule has 0 N–H and O–H groups in total. The van der Waals surface area contributed by atoms with Crippen LogP contribution in [0.1, 0.15) is 16.7 Å². The SMILES string of the molecule is COc1ccc(/C(C#N)=C/c2cc(Cl)c(OCc3ccc(Cl)cc3)c(OC)c2)cc1OC. The number of methoxy groups -OCH3 is 3. The Bertz CT molecular complexity index is 1170. The summed E-state index contributed by atoms with van der Waals surface area (Å²) in [5.74, 6) is 2.00. The van der Waals surface area contributed by atoms with E-state index < -0.39 is 0 Å². The number of allylic oxidation sites excluding steroid dienone is 1. The van der Waals surface area contributed by atoms with E-state index in [2.05, 4.69) is 6.07 Å². The first-order valence-corrected chi connectivity index (χ1v) is 10.3. The fraction of sp³-hybridized carbons (Fsp3) is 0.160. The molecule has 0 spiro atoms. The molecule has 0 saturated carbocycles. The average molecular weight is 470 g/mol. The normalized spacial score (nSPS) is 10.9. The Hall–Kier alpha value is -3.33. The molecule has 0 aromatic heterocycles. The molecule has 5 nitrogen and oxygen atoms in total. The van der Waals surface area contributed by atoms with Gasteiger partial charge in [0.25, 0.3) is 0 Å². The van der Waals surface area contributed by atoms with E-state index in [0.29, 0.717) is 56.4 Å². The van der Waals surface area contributed by atoms with Crippen LogP contribution in [0.4, 0.5) is 0 Å². The second kappa shape index (κ2) is 10.8. The monoisotopic (exact) mass is 469 g/mol. The standard InChI is InChI=1S/C25H21Cl2NO4/c1-29-22-9-6-18(13-23(22)30-2)19(14-28)10-17-11-21(27)25(24(12-17)31-3)32-15-16-4-7-20(26)8-5-16/h4-13H,15H2,1-3H3/b19-10+. The van der Waals surface area contributed by atoms with Crippen molar-refractivity contribution < 1.29 is 18.9 Å². The summed E-state index contributed by atoms with van der Waals surface area (Å²) in [4.78, 5) is 0. The van der Waals surface area contributed by atoms with Gasteiger partial charge in [0.05, 0.1) is 38.0 Å². The van der Waals surface area contributed by atoms with Gasteiger partial charge in [-0.2, -0.15) is 5.26 Å². The fourth-order valence-electron chi connectivity index (χ4n) is 3.05. The molecular formula is C25H21Cl2NO4. The second-order valence-corrected chi connectivity index (χ2v) is 7.53. The number of halogens is 2. The maximum Gasteiger partial charge on any atom is 0.180 e. The minimum atomic E-state index is 0.303. The van der Waals surface area contributed by atoms with E-state index in [1.807, 2.05) is 12.1 Å². The van der Waals surface area contributed by atoms with Crippen molar-refractivity contribution in [3.8, 4) is 29.1 Å². The highest BCUT2D eigenvalue weighted by Gasteiger charge is 2.14. The van der Waals surface area contributed by atoms with Crippen LogP contribution in [0.2, 0.25) is 10.0 Å². The van der Waals surface area contributed by atoms with Gasteiger partial charge >= 0.3 is 0 Å². The topological polar surface area (TPSA) is 60.7 Å². The molecule has 3 aromatic rings. The van der Waals surface area contributed by atoms with Crippen LogP contribution in [0.3, 0.4) is 0 Å². The quantitative estimate of drug-likeness (QED) is 0.272. The first kappa shape index (κ1) is 23.3. The first-order valence-electron chi connectivity index (χ1n) is 9.58. The van der Waals surface area contributed by atoms with Crippen LogP contribution in [-0.4, -0.2) is 21.3 Å². The molecule has 32 heavy (non-hydrogen) atoms. The highest BCUT2D eigenvalue weighted by atomic mass is 35.5. The second-order valence-electron chi connectivity index (χ2n) is 6.69. The van der Waals surface area contributed by atoms with Crippen molar-refractivity contribution in [1.29, 1.82) is 5.26 Å². The van der Waals surface area contributed by atoms with Gasteiger partial charge in [-0.1, -0.05) is 35.3 Å². The molecule has 0 unspecified atom stereocenters. The molecule has 0 saturated heterocycles. The number of nitrogens with zero attached hydrogens (tertiary/aromatic N) is 1. The van der Waals surface area contributed by atoms with E-state index in [0.717, 1.165) is 5.56 Å². The lowest BCUT2D eigenvalue weighted by Gasteiger charge is -2.14. The molecule has 7 heteroatoms. The van der Waals surface area contributed by atoms with Gasteiger partial charge in [0.15, 0.2) is 23.0 Å². The molecule has 0 aliphatic heterocycles. The molecule has 0 heterocycles. The predicted molar refractivity (Wildman–Crippen MR) is 127 cm³/mol. The molecule has 164 valence electrons. The summed E-state index contributed by atoms with van der Waals surface area (Å²) in [6, 6.07) is 18.3. The smallest absolute Gasteiger partial charge is 0.180 e. The molecule has 3 rings (SSSR count). The van der Waals surface area contributed by atoms with Gasteiger partial charge in [-0.05, 0) is 65.2 Å². The Morgan fingerprint density at radius 3 is 2.19 bits per heavy atom. The fourth-order valence-corrected chi connectivity index (χ4v) is 3.45. The number of hydrogen-bond acceptors (Lipinski definition) is 5. The molecule has 0 bridgehead atoms. The molecule has 0 fully saturated rings. The van der Waals surface area contributed by atoms with Crippen molar-refractivity contribution in [2.45, 2.75) is 6.61 Å². The van der Waals surface area contributed by atoms with Crippen LogP contribution in [0.25, 0.3) is 11.6 Å². The van der Waals surface area contributed by atoms with Crippen LogP contribution in [0.5, 0.6) is 23.0 Å². The van der Waals surface area contributed by atoms with Crippen LogP contribution in [-0.2, 0) is 6.61 Å². The van der Waals surface area contributed by atoms with E-state index in [4.69, 9.17) is 42.1 Å². The number of ether oxygens (including phenoxy) is 4. The predicted octanol–water partition coefficient (Wildman–Crippen LogP) is 6.66. The van der Waals surface area contributed by atoms with Gasteiger partial charge in [-0.25, -0.2) is 0 Å². The van der Waals surface area contributed by atoms with Gasteiger partial charge in [-0.3, -0.25) is 0 Å². The van der Waals surface area contributed by atoms with E-state index >= 15 is 0 Å². The molecule has 0 radical (unpaired) electrons. The van der Waals surface area contributed by atoms with E-state index in [1.165, 1.54) is 7.11 Å². The molecular weight excluding hydrogens is 449 g/mol. The highest BCUT2D eigenvalue weighted by Crippen LogP contribution is 2.38. The van der Waals surface area contributed by atoms with Crippen LogP contribution in [0, 0.1) is 11.3 Å². The Morgan fingerprint density at radius 1 is 0.875 bits per heavy atom. The van der Waals surface area contributed by atoms with Gasteiger partial charge < -0.3 is 18.9 Å². The summed E-state index contributed by atoms with van der Waals surface area (Å²) in [7, 11) is 4.64. The van der Waals surface area contributed by atoms with Gasteiger partial charge in [0, 0.05) is 5.02 Å². The Morgan fingerprint density at radius 2 is 1.56 bits per heavy atom. The van der Waals surface area contributed by atoms with Crippen LogP contribution in [0.15, 0.2) is 54.6 Å². The Balaban J connectivity index is 1.90. The van der Waals surface area contributed by atoms with Crippen molar-refractivity contribution in [3.63, 3.8) is 0 Å². The van der Waals surface area contributed by atoms with Gasteiger partial charge in [0.2, 0.25) is 0 Å². The van der Waals surface area contributed by atoms with E-state index in [9.17, 15) is 5.26 Å². The van der Waals surface area contributed by atoms with E-state index in [1.54, 1.807) is 62.8 Å². The van der Waals surface area contributed by atoms with Crippen LogP contribution >= 0.6 is 23.2 Å². The van der Waals surface area contributed by atoms with Gasteiger partial charge in [0.1, 0.15) is 6.61 Å². The zero-order chi connectivity index (χ0) is 23.1. The zero-order valence-corrected chi connectivity index (χ0v) is 19.3. The minimum Gasteiger partial charge on any atom is -0.493 e. The van der Waals surface area contributed by atoms with Crippen molar-refractivity contribution in [1.82, 2.24) is 0 Å². The third kappa shape index (κ3) is 5.47. The lowest BCUT2D eigenvalue weighted by Crippen LogP contribution is -1.99. The van der Waals surface area contributed by atoms with Gasteiger partial charge in [-0.15, -0.1) is 0 Å². The number of benzene rings is 3. The van der Waals surface area contributed by atoms with Crippen molar-refractivity contribution in [2.24, 2.45) is 0 Å². The maximum absolute atomic E-state index is 9.72. The molecule has 0 aliphatic carbocycles. The summed E-state index contributed by atoms with van der Waals surface area (Å²) in [6.45, 7) is 0.303. The number of nitriles is 1. The zero-order valence-electron chi connectivity index (χ0n) is 17.8. The lowest BCUT2D eigenvalue weighted by molar-refractivity contribution is 0.284. The van der Waals surface area contributed by atoms with Crippen molar-refractivity contribution >= 4 is 34.9 Å². The average Bonchev–Trinajstić information content (AvgIpc) is 2.82.